The standard InChI is InChI=1S/C22H18FN6OPS.C4H11NO/c23-14-7-26-18(16-10(5-24)21(25)32-20(14)16)15-13-9-30-8-12(13)11-6-27-22(28-17(11)19(15)31)29-3-1-2-4-29;1-4(6)3-5-2/h6-7H,1-4,8-9,25,31H2;4-6H,3H2,1-2H3. The SMILES string of the molecule is CNCC(C)O.N#Cc1c(N)sc2c(F)cnc(-c3c4c(c5cnc(N6CCCC6)nc5c3P)COC4)c12. The van der Waals surface area contributed by atoms with Crippen LogP contribution in [0.1, 0.15) is 36.5 Å². The monoisotopic (exact) mass is 553 g/mol. The van der Waals surface area contributed by atoms with Crippen molar-refractivity contribution >= 4 is 57.8 Å². The average Bonchev–Trinajstić information content (AvgIpc) is 3.66. The third kappa shape index (κ3) is 4.68. The fourth-order valence-electron chi connectivity index (χ4n) is 5.00. The third-order valence-corrected chi connectivity index (χ3v) is 8.31. The number of pyridine rings is 1. The van der Waals surface area contributed by atoms with Crippen molar-refractivity contribution in [3.63, 3.8) is 0 Å². The summed E-state index contributed by atoms with van der Waals surface area (Å²) in [6, 6.07) is 2.13. The van der Waals surface area contributed by atoms with E-state index in [1.807, 2.05) is 13.2 Å². The number of nitriles is 1. The van der Waals surface area contributed by atoms with Gasteiger partial charge in [0.25, 0.3) is 0 Å². The number of hydrogen-bond acceptors (Lipinski definition) is 10. The van der Waals surface area contributed by atoms with Crippen LogP contribution in [-0.2, 0) is 18.0 Å². The number of nitrogens with one attached hydrogen (secondary N) is 1. The number of nitrogens with zero attached hydrogens (tertiary/aromatic N) is 5. The molecule has 6 rings (SSSR count). The van der Waals surface area contributed by atoms with Gasteiger partial charge in [0.2, 0.25) is 5.95 Å². The van der Waals surface area contributed by atoms with Crippen LogP contribution >= 0.6 is 20.6 Å². The highest BCUT2D eigenvalue weighted by Gasteiger charge is 2.28. The summed E-state index contributed by atoms with van der Waals surface area (Å²) in [5.41, 5.74) is 10.4. The number of fused-ring (bicyclic) bond motifs is 4. The number of halogens is 1. The molecule has 9 nitrogen and oxygen atoms in total. The van der Waals surface area contributed by atoms with E-state index in [1.54, 1.807) is 6.92 Å². The Morgan fingerprint density at radius 2 is 2.03 bits per heavy atom. The molecule has 0 radical (unpaired) electrons. The Bertz CT molecular complexity index is 1560. The summed E-state index contributed by atoms with van der Waals surface area (Å²) in [6.07, 6.45) is 5.12. The van der Waals surface area contributed by atoms with E-state index in [0.29, 0.717) is 41.5 Å². The van der Waals surface area contributed by atoms with Gasteiger partial charge in [0, 0.05) is 47.5 Å². The number of likely N-dealkylation sites (N-methyl/N-ethyl adjacent to an activating group) is 1. The molecule has 1 fully saturated rings. The molecule has 1 aromatic carbocycles. The minimum atomic E-state index is -0.486. The first kappa shape index (κ1) is 26.6. The molecule has 5 heterocycles. The average molecular weight is 554 g/mol. The van der Waals surface area contributed by atoms with E-state index in [1.165, 1.54) is 6.20 Å². The molecule has 0 bridgehead atoms. The first-order chi connectivity index (χ1) is 18.3. The van der Waals surface area contributed by atoms with Crippen molar-refractivity contribution in [2.75, 3.05) is 37.3 Å². The Balaban J connectivity index is 0.000000443. The summed E-state index contributed by atoms with van der Waals surface area (Å²) >= 11 is 1.07. The molecule has 2 atom stereocenters. The highest BCUT2D eigenvalue weighted by molar-refractivity contribution is 7.29. The lowest BCUT2D eigenvalue weighted by molar-refractivity contribution is 0.135. The maximum Gasteiger partial charge on any atom is 0.225 e. The van der Waals surface area contributed by atoms with Crippen molar-refractivity contribution < 1.29 is 14.2 Å². The molecule has 0 saturated carbocycles. The van der Waals surface area contributed by atoms with Crippen LogP contribution in [0.3, 0.4) is 0 Å². The van der Waals surface area contributed by atoms with E-state index in [-0.39, 0.29) is 16.7 Å². The van der Waals surface area contributed by atoms with E-state index >= 15 is 0 Å². The summed E-state index contributed by atoms with van der Waals surface area (Å²) in [5.74, 6) is 0.220. The van der Waals surface area contributed by atoms with Crippen LogP contribution in [0.25, 0.3) is 32.2 Å². The molecular weight excluding hydrogens is 524 g/mol. The van der Waals surface area contributed by atoms with Gasteiger partial charge in [-0.25, -0.2) is 14.4 Å². The van der Waals surface area contributed by atoms with E-state index in [4.69, 9.17) is 20.6 Å². The number of ether oxygens (including phenoxy) is 1. The molecule has 38 heavy (non-hydrogen) atoms. The Morgan fingerprint density at radius 1 is 1.29 bits per heavy atom. The van der Waals surface area contributed by atoms with Crippen LogP contribution in [0.5, 0.6) is 0 Å². The Labute approximate surface area is 226 Å². The first-order valence-electron chi connectivity index (χ1n) is 12.4. The molecular formula is C26H29FN7O2PS. The van der Waals surface area contributed by atoms with Crippen molar-refractivity contribution in [3.05, 3.63) is 34.9 Å². The van der Waals surface area contributed by atoms with Gasteiger partial charge < -0.3 is 25.8 Å². The van der Waals surface area contributed by atoms with Gasteiger partial charge in [-0.3, -0.25) is 4.98 Å². The second kappa shape index (κ2) is 11.0. The van der Waals surface area contributed by atoms with Gasteiger partial charge in [0.1, 0.15) is 11.1 Å². The molecule has 2 unspecified atom stereocenters. The zero-order valence-electron chi connectivity index (χ0n) is 21.2. The van der Waals surface area contributed by atoms with Gasteiger partial charge in [-0.05, 0) is 37.9 Å². The van der Waals surface area contributed by atoms with Gasteiger partial charge in [0.05, 0.1) is 47.0 Å². The van der Waals surface area contributed by atoms with E-state index in [9.17, 15) is 9.65 Å². The number of nitrogen functional groups attached to an aromatic ring is 1. The predicted molar refractivity (Wildman–Crippen MR) is 152 cm³/mol. The van der Waals surface area contributed by atoms with Crippen molar-refractivity contribution in [2.45, 2.75) is 39.1 Å². The molecule has 0 amide bonds. The number of hydrogen-bond donors (Lipinski definition) is 3. The maximum absolute atomic E-state index is 14.6. The molecule has 1 saturated heterocycles. The summed E-state index contributed by atoms with van der Waals surface area (Å²) in [6.45, 7) is 5.16. The fraction of sp³-hybridized carbons (Fsp3) is 0.385. The Kier molecular flexibility index (Phi) is 7.70. The molecule has 2 aliphatic rings. The molecule has 4 aromatic rings. The van der Waals surface area contributed by atoms with E-state index < -0.39 is 5.82 Å². The zero-order chi connectivity index (χ0) is 27.0. The summed E-state index contributed by atoms with van der Waals surface area (Å²) < 4.78 is 20.7. The van der Waals surface area contributed by atoms with Gasteiger partial charge >= 0.3 is 0 Å². The van der Waals surface area contributed by atoms with Gasteiger partial charge in [-0.1, -0.05) is 0 Å². The normalized spacial score (nSPS) is 15.4. The number of aromatic nitrogens is 3. The smallest absolute Gasteiger partial charge is 0.225 e. The topological polar surface area (TPSA) is 133 Å². The third-order valence-electron chi connectivity index (χ3n) is 6.72. The lowest BCUT2D eigenvalue weighted by Gasteiger charge is -2.19. The molecule has 12 heteroatoms. The van der Waals surface area contributed by atoms with Crippen molar-refractivity contribution in [2.24, 2.45) is 0 Å². The second-order valence-corrected chi connectivity index (χ2v) is 11.0. The van der Waals surface area contributed by atoms with Crippen LogP contribution in [0.2, 0.25) is 0 Å². The number of benzene rings is 1. The van der Waals surface area contributed by atoms with Gasteiger partial charge in [-0.15, -0.1) is 20.6 Å². The Hall–Kier alpha value is -3.00. The quantitative estimate of drug-likeness (QED) is 0.326. The van der Waals surface area contributed by atoms with Crippen LogP contribution in [0.4, 0.5) is 15.3 Å². The molecule has 3 aromatic heterocycles. The molecule has 0 spiro atoms. The molecule has 2 aliphatic heterocycles. The molecule has 0 aliphatic carbocycles. The number of nitrogens with two attached hydrogens (primary N) is 1. The van der Waals surface area contributed by atoms with E-state index in [2.05, 4.69) is 35.5 Å². The van der Waals surface area contributed by atoms with Gasteiger partial charge in [0.15, 0.2) is 5.82 Å². The molecule has 4 N–H and O–H groups in total. The number of aliphatic hydroxyl groups is 1. The largest absolute Gasteiger partial charge is 0.392 e. The van der Waals surface area contributed by atoms with Crippen molar-refractivity contribution in [1.82, 2.24) is 20.3 Å². The zero-order valence-corrected chi connectivity index (χ0v) is 23.2. The van der Waals surface area contributed by atoms with E-state index in [0.717, 1.165) is 70.2 Å². The van der Waals surface area contributed by atoms with Crippen LogP contribution in [0, 0.1) is 17.1 Å². The fourth-order valence-corrected chi connectivity index (χ4v) is 6.45. The second-order valence-electron chi connectivity index (χ2n) is 9.38. The first-order valence-corrected chi connectivity index (χ1v) is 13.8. The van der Waals surface area contributed by atoms with Gasteiger partial charge in [-0.2, -0.15) is 5.26 Å². The van der Waals surface area contributed by atoms with Crippen LogP contribution in [0.15, 0.2) is 12.4 Å². The highest BCUT2D eigenvalue weighted by atomic mass is 32.1. The predicted octanol–water partition coefficient (Wildman–Crippen LogP) is 3.22. The molecule has 198 valence electrons. The van der Waals surface area contributed by atoms with Crippen molar-refractivity contribution in [1.29, 1.82) is 5.26 Å². The highest BCUT2D eigenvalue weighted by Crippen LogP contribution is 2.43. The minimum absolute atomic E-state index is 0.213. The van der Waals surface area contributed by atoms with Crippen LogP contribution in [-0.4, -0.2) is 52.8 Å². The lowest BCUT2D eigenvalue weighted by Crippen LogP contribution is -2.21. The minimum Gasteiger partial charge on any atom is -0.392 e. The number of anilines is 2. The van der Waals surface area contributed by atoms with Crippen molar-refractivity contribution in [3.8, 4) is 17.3 Å². The number of thiophene rings is 1. The lowest BCUT2D eigenvalue weighted by atomic mass is 9.94. The summed E-state index contributed by atoms with van der Waals surface area (Å²) in [5, 5.41) is 23.5. The number of rotatable bonds is 4. The Morgan fingerprint density at radius 3 is 2.68 bits per heavy atom. The summed E-state index contributed by atoms with van der Waals surface area (Å²) in [4.78, 5) is 16.2. The van der Waals surface area contributed by atoms with Crippen LogP contribution < -0.4 is 21.3 Å². The summed E-state index contributed by atoms with van der Waals surface area (Å²) in [7, 11) is 4.59. The maximum atomic E-state index is 14.6. The number of aliphatic hydroxyl groups excluding tert-OH is 1.